The molecule has 0 bridgehead atoms. The molecule has 1 saturated heterocycles. The van der Waals surface area contributed by atoms with Gasteiger partial charge in [-0.05, 0) is 63.6 Å². The lowest BCUT2D eigenvalue weighted by Crippen LogP contribution is -2.24. The van der Waals surface area contributed by atoms with Gasteiger partial charge in [0.15, 0.2) is 6.29 Å². The molecule has 3 rings (SSSR count). The molecule has 27 heavy (non-hydrogen) atoms. The topological polar surface area (TPSA) is 71.5 Å². The molecule has 1 aliphatic rings. The van der Waals surface area contributed by atoms with Gasteiger partial charge in [0.2, 0.25) is 0 Å². The molecule has 0 aliphatic carbocycles. The van der Waals surface area contributed by atoms with Gasteiger partial charge in [0.25, 0.3) is 0 Å². The number of thioether (sulfide) groups is 1. The van der Waals surface area contributed by atoms with Gasteiger partial charge < -0.3 is 19.9 Å². The van der Waals surface area contributed by atoms with E-state index >= 15 is 0 Å². The first-order valence-corrected chi connectivity index (χ1v) is 10.6. The van der Waals surface area contributed by atoms with Crippen molar-refractivity contribution >= 4 is 17.6 Å². The standard InChI is InChI=1S/C20H29N3O3S/c1-20(2,27-3)17-14-18(21)23(22-17)15-7-9-16(10-8-15)24-12-13-26-19-6-4-5-11-25-19/h7-10,14,19H,4-6,11-13,21H2,1-3H3. The Kier molecular flexibility index (Phi) is 6.68. The molecular weight excluding hydrogens is 362 g/mol. The van der Waals surface area contributed by atoms with Gasteiger partial charge >= 0.3 is 0 Å². The monoisotopic (exact) mass is 391 g/mol. The van der Waals surface area contributed by atoms with Crippen LogP contribution in [0.5, 0.6) is 5.75 Å². The third-order valence-corrected chi connectivity index (χ3v) is 5.97. The maximum Gasteiger partial charge on any atom is 0.157 e. The second kappa shape index (κ2) is 8.99. The van der Waals surface area contributed by atoms with Crippen molar-refractivity contribution < 1.29 is 14.2 Å². The van der Waals surface area contributed by atoms with Gasteiger partial charge in [0, 0.05) is 12.7 Å². The lowest BCUT2D eigenvalue weighted by Gasteiger charge is -2.22. The number of nitrogens with two attached hydrogens (primary N) is 1. The highest BCUT2D eigenvalue weighted by Gasteiger charge is 2.23. The average Bonchev–Trinajstić information content (AvgIpc) is 3.09. The van der Waals surface area contributed by atoms with Crippen molar-refractivity contribution in [3.8, 4) is 11.4 Å². The summed E-state index contributed by atoms with van der Waals surface area (Å²) in [5.74, 6) is 1.42. The number of benzene rings is 1. The normalized spacial score (nSPS) is 17.8. The first-order valence-electron chi connectivity index (χ1n) is 9.37. The smallest absolute Gasteiger partial charge is 0.157 e. The molecule has 1 unspecified atom stereocenters. The minimum atomic E-state index is -0.0789. The highest BCUT2D eigenvalue weighted by Crippen LogP contribution is 2.34. The number of rotatable bonds is 8. The lowest BCUT2D eigenvalue weighted by molar-refractivity contribution is -0.165. The number of ether oxygens (including phenoxy) is 3. The van der Waals surface area contributed by atoms with E-state index in [1.807, 2.05) is 30.3 Å². The third-order valence-electron chi connectivity index (χ3n) is 4.74. The minimum Gasteiger partial charge on any atom is -0.491 e. The van der Waals surface area contributed by atoms with Gasteiger partial charge in [-0.3, -0.25) is 0 Å². The van der Waals surface area contributed by atoms with E-state index in [0.29, 0.717) is 19.0 Å². The number of hydrogen-bond donors (Lipinski definition) is 1. The summed E-state index contributed by atoms with van der Waals surface area (Å²) in [7, 11) is 0. The van der Waals surface area contributed by atoms with E-state index in [1.54, 1.807) is 16.4 Å². The van der Waals surface area contributed by atoms with Gasteiger partial charge in [-0.1, -0.05) is 0 Å². The van der Waals surface area contributed by atoms with Crippen molar-refractivity contribution in [2.24, 2.45) is 0 Å². The Hall–Kier alpha value is -1.70. The highest BCUT2D eigenvalue weighted by atomic mass is 32.2. The first-order chi connectivity index (χ1) is 13.0. The van der Waals surface area contributed by atoms with Gasteiger partial charge in [0.05, 0.1) is 22.7 Å². The molecule has 6 nitrogen and oxygen atoms in total. The van der Waals surface area contributed by atoms with Gasteiger partial charge in [-0.15, -0.1) is 0 Å². The second-order valence-electron chi connectivity index (χ2n) is 7.09. The fourth-order valence-corrected chi connectivity index (χ4v) is 3.18. The van der Waals surface area contributed by atoms with Crippen LogP contribution in [-0.2, 0) is 14.2 Å². The Morgan fingerprint density at radius 2 is 2.04 bits per heavy atom. The van der Waals surface area contributed by atoms with Gasteiger partial charge in [-0.25, -0.2) is 4.68 Å². The molecule has 0 spiro atoms. The van der Waals surface area contributed by atoms with Crippen LogP contribution in [-0.4, -0.2) is 42.1 Å². The predicted octanol–water partition coefficient (Wildman–Crippen LogP) is 3.97. The van der Waals surface area contributed by atoms with E-state index in [0.717, 1.165) is 36.6 Å². The fourth-order valence-electron chi connectivity index (χ4n) is 2.87. The number of aromatic nitrogens is 2. The molecule has 2 heterocycles. The van der Waals surface area contributed by atoms with Crippen molar-refractivity contribution in [1.82, 2.24) is 9.78 Å². The van der Waals surface area contributed by atoms with Crippen LogP contribution in [0, 0.1) is 0 Å². The number of hydrogen-bond acceptors (Lipinski definition) is 6. The summed E-state index contributed by atoms with van der Waals surface area (Å²) >= 11 is 1.75. The van der Waals surface area contributed by atoms with Crippen molar-refractivity contribution in [2.75, 3.05) is 31.8 Å². The van der Waals surface area contributed by atoms with E-state index in [2.05, 4.69) is 25.2 Å². The fraction of sp³-hybridized carbons (Fsp3) is 0.550. The molecule has 1 fully saturated rings. The van der Waals surface area contributed by atoms with Crippen LogP contribution in [0.15, 0.2) is 30.3 Å². The third kappa shape index (κ3) is 5.18. The van der Waals surface area contributed by atoms with E-state index in [-0.39, 0.29) is 11.0 Å². The van der Waals surface area contributed by atoms with Crippen LogP contribution < -0.4 is 10.5 Å². The van der Waals surface area contributed by atoms with Crippen LogP contribution >= 0.6 is 11.8 Å². The molecule has 7 heteroatoms. The van der Waals surface area contributed by atoms with E-state index in [9.17, 15) is 0 Å². The van der Waals surface area contributed by atoms with Gasteiger partial charge in [-0.2, -0.15) is 16.9 Å². The predicted molar refractivity (Wildman–Crippen MR) is 110 cm³/mol. The second-order valence-corrected chi connectivity index (χ2v) is 8.52. The summed E-state index contributed by atoms with van der Waals surface area (Å²) in [5.41, 5.74) is 8.04. The summed E-state index contributed by atoms with van der Waals surface area (Å²) in [4.78, 5) is 0. The number of anilines is 1. The van der Waals surface area contributed by atoms with E-state index in [4.69, 9.17) is 19.9 Å². The molecule has 0 radical (unpaired) electrons. The Morgan fingerprint density at radius 1 is 1.26 bits per heavy atom. The van der Waals surface area contributed by atoms with Crippen LogP contribution in [0.1, 0.15) is 38.8 Å². The summed E-state index contributed by atoms with van der Waals surface area (Å²) in [6.07, 6.45) is 5.26. The number of nitrogens with zero attached hydrogens (tertiary/aromatic N) is 2. The maximum atomic E-state index is 6.16. The highest BCUT2D eigenvalue weighted by molar-refractivity contribution is 7.99. The quantitative estimate of drug-likeness (QED) is 0.687. The van der Waals surface area contributed by atoms with E-state index < -0.39 is 0 Å². The SMILES string of the molecule is CSC(C)(C)c1cc(N)n(-c2ccc(OCCOC3CCCCO3)cc2)n1. The maximum absolute atomic E-state index is 6.16. The Morgan fingerprint density at radius 3 is 2.70 bits per heavy atom. The zero-order chi connectivity index (χ0) is 19.3. The van der Waals surface area contributed by atoms with Gasteiger partial charge in [0.1, 0.15) is 18.2 Å². The van der Waals surface area contributed by atoms with Crippen LogP contribution in [0.25, 0.3) is 5.69 Å². The molecule has 2 aromatic rings. The molecule has 2 N–H and O–H groups in total. The Bertz CT molecular complexity index is 725. The minimum absolute atomic E-state index is 0.0766. The average molecular weight is 392 g/mol. The van der Waals surface area contributed by atoms with Crippen molar-refractivity contribution in [3.63, 3.8) is 0 Å². The zero-order valence-electron chi connectivity index (χ0n) is 16.3. The first kappa shape index (κ1) is 20.0. The summed E-state index contributed by atoms with van der Waals surface area (Å²) in [6.45, 7) is 6.09. The molecule has 0 saturated carbocycles. The summed E-state index contributed by atoms with van der Waals surface area (Å²) in [5, 5.41) is 4.68. The molecule has 1 aliphatic heterocycles. The Labute approximate surface area is 165 Å². The summed E-state index contributed by atoms with van der Waals surface area (Å²) < 4.78 is 18.7. The molecule has 148 valence electrons. The molecule has 1 atom stereocenters. The molecule has 0 amide bonds. The zero-order valence-corrected chi connectivity index (χ0v) is 17.1. The number of nitrogen functional groups attached to an aromatic ring is 1. The van der Waals surface area contributed by atoms with Crippen LogP contribution in [0.4, 0.5) is 5.82 Å². The van der Waals surface area contributed by atoms with E-state index in [1.165, 1.54) is 6.42 Å². The largest absolute Gasteiger partial charge is 0.491 e. The van der Waals surface area contributed by atoms with Crippen LogP contribution in [0.3, 0.4) is 0 Å². The lowest BCUT2D eigenvalue weighted by atomic mass is 10.1. The van der Waals surface area contributed by atoms with Crippen molar-refractivity contribution in [1.29, 1.82) is 0 Å². The van der Waals surface area contributed by atoms with Crippen molar-refractivity contribution in [2.45, 2.75) is 44.1 Å². The summed E-state index contributed by atoms with van der Waals surface area (Å²) in [6, 6.07) is 9.70. The molecule has 1 aromatic heterocycles. The molecule has 1 aromatic carbocycles. The molecular formula is C20H29N3O3S. The van der Waals surface area contributed by atoms with Crippen molar-refractivity contribution in [3.05, 3.63) is 36.0 Å². The van der Waals surface area contributed by atoms with Crippen LogP contribution in [0.2, 0.25) is 0 Å². The Balaban J connectivity index is 1.54.